The van der Waals surface area contributed by atoms with E-state index in [1.54, 1.807) is 12.3 Å². The first-order valence-electron chi connectivity index (χ1n) is 9.88. The minimum absolute atomic E-state index is 0.239. The molecule has 0 aliphatic rings. The van der Waals surface area contributed by atoms with Crippen LogP contribution in [0.1, 0.15) is 36.3 Å². The number of hydrogen-bond donors (Lipinski definition) is 2. The molecule has 0 bridgehead atoms. The summed E-state index contributed by atoms with van der Waals surface area (Å²) >= 11 is 0. The van der Waals surface area contributed by atoms with Crippen molar-refractivity contribution in [2.45, 2.75) is 26.9 Å². The Bertz CT molecular complexity index is 892. The fourth-order valence-corrected chi connectivity index (χ4v) is 2.71. The van der Waals surface area contributed by atoms with Crippen LogP contribution in [0.25, 0.3) is 0 Å². The number of amides is 1. The quantitative estimate of drug-likeness (QED) is 0.516. The summed E-state index contributed by atoms with van der Waals surface area (Å²) in [6, 6.07) is 20.9. The van der Waals surface area contributed by atoms with E-state index in [-0.39, 0.29) is 5.91 Å². The lowest BCUT2D eigenvalue weighted by Crippen LogP contribution is -2.14. The van der Waals surface area contributed by atoms with Crippen molar-refractivity contribution in [2.24, 2.45) is 5.92 Å². The number of rotatable bonds is 9. The van der Waals surface area contributed by atoms with Crippen molar-refractivity contribution in [3.05, 3.63) is 84.2 Å². The predicted octanol–water partition coefficient (Wildman–Crippen LogP) is 5.37. The standard InChI is InChI=1S/C24H27N3O2/c1-18(2)14-15-25-21-10-13-23(26-16-21)24(28)27-20-8-11-22(12-9-20)29-17-19-6-4-3-5-7-19/h3-13,16,18,25H,14-15,17H2,1-2H3,(H,27,28). The molecule has 0 unspecified atom stereocenters. The first-order chi connectivity index (χ1) is 14.1. The fraction of sp³-hybridized carbons (Fsp3) is 0.250. The number of pyridine rings is 1. The van der Waals surface area contributed by atoms with E-state index in [4.69, 9.17) is 4.74 Å². The molecule has 29 heavy (non-hydrogen) atoms. The molecule has 3 rings (SSSR count). The molecule has 5 nitrogen and oxygen atoms in total. The van der Waals surface area contributed by atoms with Gasteiger partial charge in [0.25, 0.3) is 5.91 Å². The van der Waals surface area contributed by atoms with Crippen molar-refractivity contribution in [3.8, 4) is 5.75 Å². The highest BCUT2D eigenvalue weighted by molar-refractivity contribution is 6.02. The highest BCUT2D eigenvalue weighted by Gasteiger charge is 2.08. The van der Waals surface area contributed by atoms with Gasteiger partial charge in [-0.15, -0.1) is 0 Å². The molecule has 0 aliphatic carbocycles. The Kier molecular flexibility index (Phi) is 7.22. The topological polar surface area (TPSA) is 63.2 Å². The molecule has 0 atom stereocenters. The molecule has 1 amide bonds. The van der Waals surface area contributed by atoms with Crippen LogP contribution in [0.4, 0.5) is 11.4 Å². The number of hydrogen-bond acceptors (Lipinski definition) is 4. The van der Waals surface area contributed by atoms with Gasteiger partial charge in [-0.25, -0.2) is 4.98 Å². The number of ether oxygens (including phenoxy) is 1. The van der Waals surface area contributed by atoms with Crippen LogP contribution < -0.4 is 15.4 Å². The number of carbonyl (C=O) groups is 1. The van der Waals surface area contributed by atoms with Crippen molar-refractivity contribution in [3.63, 3.8) is 0 Å². The van der Waals surface area contributed by atoms with E-state index >= 15 is 0 Å². The van der Waals surface area contributed by atoms with E-state index in [9.17, 15) is 4.79 Å². The van der Waals surface area contributed by atoms with E-state index in [0.717, 1.165) is 30.0 Å². The molecule has 150 valence electrons. The Morgan fingerprint density at radius 2 is 1.69 bits per heavy atom. The zero-order valence-corrected chi connectivity index (χ0v) is 16.9. The molecule has 1 heterocycles. The van der Waals surface area contributed by atoms with Crippen LogP contribution in [-0.4, -0.2) is 17.4 Å². The van der Waals surface area contributed by atoms with Gasteiger partial charge in [-0.2, -0.15) is 0 Å². The molecule has 2 aromatic carbocycles. The molecule has 2 N–H and O–H groups in total. The van der Waals surface area contributed by atoms with Gasteiger partial charge in [0.05, 0.1) is 11.9 Å². The van der Waals surface area contributed by atoms with Crippen molar-refractivity contribution >= 4 is 17.3 Å². The second-order valence-corrected chi connectivity index (χ2v) is 7.29. The summed E-state index contributed by atoms with van der Waals surface area (Å²) in [5.74, 6) is 1.16. The van der Waals surface area contributed by atoms with Crippen molar-refractivity contribution < 1.29 is 9.53 Å². The minimum Gasteiger partial charge on any atom is -0.489 e. The zero-order chi connectivity index (χ0) is 20.5. The lowest BCUT2D eigenvalue weighted by Gasteiger charge is -2.10. The maximum atomic E-state index is 12.4. The maximum Gasteiger partial charge on any atom is 0.274 e. The summed E-state index contributed by atoms with van der Waals surface area (Å²) in [7, 11) is 0. The summed E-state index contributed by atoms with van der Waals surface area (Å²) in [5, 5.41) is 6.17. The average Bonchev–Trinajstić information content (AvgIpc) is 2.74. The summed E-state index contributed by atoms with van der Waals surface area (Å²) in [4.78, 5) is 16.7. The molecule has 1 aromatic heterocycles. The number of anilines is 2. The smallest absolute Gasteiger partial charge is 0.274 e. The summed E-state index contributed by atoms with van der Waals surface area (Å²) in [5.41, 5.74) is 3.10. The summed E-state index contributed by atoms with van der Waals surface area (Å²) in [6.45, 7) is 5.78. The number of aromatic nitrogens is 1. The normalized spacial score (nSPS) is 10.6. The molecule has 0 fully saturated rings. The number of benzene rings is 2. The van der Waals surface area contributed by atoms with Crippen molar-refractivity contribution in [1.82, 2.24) is 4.98 Å². The molecular weight excluding hydrogens is 362 g/mol. The second kappa shape index (κ2) is 10.3. The molecule has 0 saturated carbocycles. The largest absolute Gasteiger partial charge is 0.489 e. The molecular formula is C24H27N3O2. The number of carbonyl (C=O) groups excluding carboxylic acids is 1. The van der Waals surface area contributed by atoms with Crippen LogP contribution in [0.5, 0.6) is 5.75 Å². The summed E-state index contributed by atoms with van der Waals surface area (Å²) in [6.07, 6.45) is 2.78. The van der Waals surface area contributed by atoms with E-state index in [2.05, 4.69) is 29.5 Å². The highest BCUT2D eigenvalue weighted by atomic mass is 16.5. The third kappa shape index (κ3) is 6.64. The van der Waals surface area contributed by atoms with Gasteiger partial charge < -0.3 is 15.4 Å². The SMILES string of the molecule is CC(C)CCNc1ccc(C(=O)Nc2ccc(OCc3ccccc3)cc2)nc1. The van der Waals surface area contributed by atoms with E-state index < -0.39 is 0 Å². The van der Waals surface area contributed by atoms with Gasteiger partial charge in [0, 0.05) is 12.2 Å². The van der Waals surface area contributed by atoms with Crippen molar-refractivity contribution in [1.29, 1.82) is 0 Å². The summed E-state index contributed by atoms with van der Waals surface area (Å²) < 4.78 is 5.76. The van der Waals surface area contributed by atoms with E-state index in [1.807, 2.05) is 60.7 Å². The second-order valence-electron chi connectivity index (χ2n) is 7.29. The van der Waals surface area contributed by atoms with Gasteiger partial charge in [0.1, 0.15) is 18.1 Å². The lowest BCUT2D eigenvalue weighted by atomic mass is 10.1. The first-order valence-corrected chi connectivity index (χ1v) is 9.88. The third-order valence-corrected chi connectivity index (χ3v) is 4.41. The maximum absolute atomic E-state index is 12.4. The Morgan fingerprint density at radius 1 is 0.966 bits per heavy atom. The lowest BCUT2D eigenvalue weighted by molar-refractivity contribution is 0.102. The van der Waals surface area contributed by atoms with E-state index in [1.165, 1.54) is 0 Å². The monoisotopic (exact) mass is 389 g/mol. The predicted molar refractivity (Wildman–Crippen MR) is 117 cm³/mol. The van der Waals surface area contributed by atoms with Crippen LogP contribution in [0.2, 0.25) is 0 Å². The molecule has 3 aromatic rings. The fourth-order valence-electron chi connectivity index (χ4n) is 2.71. The number of nitrogens with one attached hydrogen (secondary N) is 2. The van der Waals surface area contributed by atoms with E-state index in [0.29, 0.717) is 23.9 Å². The molecule has 5 heteroatoms. The Hall–Kier alpha value is -3.34. The van der Waals surface area contributed by atoms with Gasteiger partial charge in [-0.1, -0.05) is 44.2 Å². The third-order valence-electron chi connectivity index (χ3n) is 4.41. The first kappa shape index (κ1) is 20.4. The van der Waals surface area contributed by atoms with Gasteiger partial charge in [-0.3, -0.25) is 4.79 Å². The van der Waals surface area contributed by atoms with Gasteiger partial charge >= 0.3 is 0 Å². The molecule has 0 aliphatic heterocycles. The Morgan fingerprint density at radius 3 is 2.34 bits per heavy atom. The zero-order valence-electron chi connectivity index (χ0n) is 16.9. The molecule has 0 radical (unpaired) electrons. The van der Waals surface area contributed by atoms with Crippen LogP contribution >= 0.6 is 0 Å². The highest BCUT2D eigenvalue weighted by Crippen LogP contribution is 2.18. The molecule has 0 saturated heterocycles. The van der Waals surface area contributed by atoms with Crippen LogP contribution in [0.15, 0.2) is 72.9 Å². The molecule has 0 spiro atoms. The van der Waals surface area contributed by atoms with Crippen molar-refractivity contribution in [2.75, 3.05) is 17.2 Å². The van der Waals surface area contributed by atoms with Gasteiger partial charge in [0.2, 0.25) is 0 Å². The minimum atomic E-state index is -0.239. The Balaban J connectivity index is 1.49. The van der Waals surface area contributed by atoms with Crippen LogP contribution in [0.3, 0.4) is 0 Å². The average molecular weight is 389 g/mol. The van der Waals surface area contributed by atoms with Gasteiger partial charge in [-0.05, 0) is 54.3 Å². The van der Waals surface area contributed by atoms with Crippen LogP contribution in [0, 0.1) is 5.92 Å². The van der Waals surface area contributed by atoms with Crippen LogP contribution in [-0.2, 0) is 6.61 Å². The number of nitrogens with zero attached hydrogens (tertiary/aromatic N) is 1. The Labute approximate surface area is 172 Å². The van der Waals surface area contributed by atoms with Gasteiger partial charge in [0.15, 0.2) is 0 Å².